The van der Waals surface area contributed by atoms with E-state index in [9.17, 15) is 9.59 Å². The van der Waals surface area contributed by atoms with Crippen molar-refractivity contribution in [2.75, 3.05) is 5.01 Å². The van der Waals surface area contributed by atoms with Gasteiger partial charge in [-0.15, -0.1) is 0 Å². The molecule has 2 N–H and O–H groups in total. The molecule has 5 nitrogen and oxygen atoms in total. The van der Waals surface area contributed by atoms with Gasteiger partial charge in [-0.1, -0.05) is 32.9 Å². The first-order valence-corrected chi connectivity index (χ1v) is 6.22. The lowest BCUT2D eigenvalue weighted by molar-refractivity contribution is 0.0930. The van der Waals surface area contributed by atoms with Crippen LogP contribution in [0.2, 0.25) is 0 Å². The highest BCUT2D eigenvalue weighted by Gasteiger charge is 2.39. The zero-order valence-electron chi connectivity index (χ0n) is 11.3. The van der Waals surface area contributed by atoms with Crippen LogP contribution in [0.3, 0.4) is 0 Å². The van der Waals surface area contributed by atoms with Crippen molar-refractivity contribution >= 4 is 17.6 Å². The lowest BCUT2D eigenvalue weighted by atomic mass is 9.80. The number of nitrogens with zero attached hydrogens (tertiary/aromatic N) is 1. The second-order valence-corrected chi connectivity index (χ2v) is 5.81. The molecule has 1 aliphatic heterocycles. The van der Waals surface area contributed by atoms with Crippen LogP contribution in [0.5, 0.6) is 0 Å². The van der Waals surface area contributed by atoms with E-state index >= 15 is 0 Å². The Hall–Kier alpha value is -2.04. The lowest BCUT2D eigenvalue weighted by Crippen LogP contribution is -2.56. The predicted octanol–water partition coefficient (Wildman–Crippen LogP) is 2.68. The highest BCUT2D eigenvalue weighted by molar-refractivity contribution is 6.04. The average molecular weight is 262 g/mol. The number of hydrazine groups is 1. The fraction of sp³-hybridized carbons (Fsp3) is 0.429. The summed E-state index contributed by atoms with van der Waals surface area (Å²) in [6.45, 7) is 5.99. The molecule has 1 aromatic carbocycles. The predicted molar refractivity (Wildman–Crippen MR) is 72.3 cm³/mol. The SMILES string of the molecule is CC(C)(C)C1CC(=O)c2ccccc2N1NC(=O)O. The number of carbonyl (C=O) groups excluding carboxylic acids is 1. The first-order chi connectivity index (χ1) is 8.80. The smallest absolute Gasteiger partial charge is 0.423 e. The van der Waals surface area contributed by atoms with Crippen molar-refractivity contribution in [3.63, 3.8) is 0 Å². The Balaban J connectivity index is 2.50. The van der Waals surface area contributed by atoms with Gasteiger partial charge in [-0.3, -0.25) is 9.80 Å². The number of Topliss-reactive ketones (excluding diaryl/α,β-unsaturated/α-hetero) is 1. The molecule has 2 rings (SSSR count). The minimum Gasteiger partial charge on any atom is -0.464 e. The Kier molecular flexibility index (Phi) is 3.22. The second kappa shape index (κ2) is 4.57. The van der Waals surface area contributed by atoms with Gasteiger partial charge in [0.15, 0.2) is 5.78 Å². The van der Waals surface area contributed by atoms with Crippen molar-refractivity contribution in [1.29, 1.82) is 0 Å². The minimum atomic E-state index is -1.13. The molecule has 0 spiro atoms. The first-order valence-electron chi connectivity index (χ1n) is 6.22. The van der Waals surface area contributed by atoms with Gasteiger partial charge in [0.05, 0.1) is 11.7 Å². The van der Waals surface area contributed by atoms with Gasteiger partial charge in [-0.05, 0) is 17.5 Å². The molecule has 102 valence electrons. The van der Waals surface area contributed by atoms with Crippen LogP contribution < -0.4 is 10.4 Å². The molecule has 1 amide bonds. The van der Waals surface area contributed by atoms with Crippen molar-refractivity contribution in [3.8, 4) is 0 Å². The Morgan fingerprint density at radius 1 is 1.37 bits per heavy atom. The van der Waals surface area contributed by atoms with E-state index in [4.69, 9.17) is 5.11 Å². The number of anilines is 1. The van der Waals surface area contributed by atoms with Crippen LogP contribution in [-0.2, 0) is 0 Å². The summed E-state index contributed by atoms with van der Waals surface area (Å²) in [4.78, 5) is 23.2. The second-order valence-electron chi connectivity index (χ2n) is 5.81. The Bertz CT molecular complexity index is 520. The molecule has 0 bridgehead atoms. The number of fused-ring (bicyclic) bond motifs is 1. The fourth-order valence-electron chi connectivity index (χ4n) is 2.40. The molecular formula is C14H18N2O3. The summed E-state index contributed by atoms with van der Waals surface area (Å²) < 4.78 is 0. The lowest BCUT2D eigenvalue weighted by Gasteiger charge is -2.43. The van der Waals surface area contributed by atoms with Gasteiger partial charge in [-0.2, -0.15) is 0 Å². The normalized spacial score (nSPS) is 19.0. The van der Waals surface area contributed by atoms with Crippen molar-refractivity contribution in [1.82, 2.24) is 5.43 Å². The van der Waals surface area contributed by atoms with Gasteiger partial charge in [-0.25, -0.2) is 10.2 Å². The molecule has 0 aromatic heterocycles. The molecule has 0 saturated heterocycles. The molecule has 1 heterocycles. The number of carboxylic acid groups (broad SMARTS) is 1. The minimum absolute atomic E-state index is 0.0546. The molecule has 0 aliphatic carbocycles. The number of nitrogens with one attached hydrogen (secondary N) is 1. The van der Waals surface area contributed by atoms with Gasteiger partial charge in [0.1, 0.15) is 0 Å². The third kappa shape index (κ3) is 2.54. The third-order valence-electron chi connectivity index (χ3n) is 3.37. The van der Waals surface area contributed by atoms with E-state index in [-0.39, 0.29) is 17.2 Å². The zero-order valence-corrected chi connectivity index (χ0v) is 11.3. The quantitative estimate of drug-likeness (QED) is 0.816. The van der Waals surface area contributed by atoms with Gasteiger partial charge in [0.25, 0.3) is 0 Å². The number of ketones is 1. The van der Waals surface area contributed by atoms with Crippen molar-refractivity contribution < 1.29 is 14.7 Å². The number of rotatable bonds is 1. The molecule has 0 saturated carbocycles. The molecule has 0 fully saturated rings. The van der Waals surface area contributed by atoms with Crippen LogP contribution in [0, 0.1) is 5.41 Å². The number of hydrogen-bond donors (Lipinski definition) is 2. The van der Waals surface area contributed by atoms with E-state index in [0.29, 0.717) is 17.7 Å². The maximum absolute atomic E-state index is 12.2. The van der Waals surface area contributed by atoms with Crippen molar-refractivity contribution in [2.24, 2.45) is 5.41 Å². The van der Waals surface area contributed by atoms with E-state index in [1.165, 1.54) is 0 Å². The highest BCUT2D eigenvalue weighted by atomic mass is 16.4. The van der Waals surface area contributed by atoms with Gasteiger partial charge in [0, 0.05) is 12.0 Å². The summed E-state index contributed by atoms with van der Waals surface area (Å²) in [6, 6.07) is 6.88. The zero-order chi connectivity index (χ0) is 14.2. The number of hydrogen-bond acceptors (Lipinski definition) is 3. The fourth-order valence-corrected chi connectivity index (χ4v) is 2.40. The average Bonchev–Trinajstić information content (AvgIpc) is 2.31. The van der Waals surface area contributed by atoms with E-state index in [2.05, 4.69) is 5.43 Å². The van der Waals surface area contributed by atoms with Gasteiger partial charge >= 0.3 is 6.09 Å². The highest BCUT2D eigenvalue weighted by Crippen LogP contribution is 2.36. The Labute approximate surface area is 112 Å². The summed E-state index contributed by atoms with van der Waals surface area (Å²) in [6.07, 6.45) is -0.820. The van der Waals surface area contributed by atoms with Crippen LogP contribution in [0.25, 0.3) is 0 Å². The van der Waals surface area contributed by atoms with E-state index in [1.807, 2.05) is 20.8 Å². The maximum atomic E-state index is 12.2. The first kappa shape index (κ1) is 13.4. The van der Waals surface area contributed by atoms with Crippen LogP contribution >= 0.6 is 0 Å². The van der Waals surface area contributed by atoms with E-state index < -0.39 is 6.09 Å². The molecule has 1 unspecified atom stereocenters. The number of amides is 1. The van der Waals surface area contributed by atoms with Crippen molar-refractivity contribution in [3.05, 3.63) is 29.8 Å². The molecular weight excluding hydrogens is 244 g/mol. The van der Waals surface area contributed by atoms with Crippen molar-refractivity contribution in [2.45, 2.75) is 33.2 Å². The number of para-hydroxylation sites is 1. The molecule has 0 radical (unpaired) electrons. The summed E-state index contributed by atoms with van der Waals surface area (Å²) in [5, 5.41) is 10.6. The molecule has 1 atom stereocenters. The molecule has 19 heavy (non-hydrogen) atoms. The third-order valence-corrected chi connectivity index (χ3v) is 3.37. The summed E-state index contributed by atoms with van der Waals surface area (Å²) in [5.41, 5.74) is 3.39. The standard InChI is InChI=1S/C14H18N2O3/c1-14(2,3)12-8-11(17)9-6-4-5-7-10(9)16(12)15-13(18)19/h4-7,12,15H,8H2,1-3H3,(H,18,19). The summed E-state index contributed by atoms with van der Waals surface area (Å²) >= 11 is 0. The molecule has 5 heteroatoms. The van der Waals surface area contributed by atoms with E-state index in [1.54, 1.807) is 29.3 Å². The van der Waals surface area contributed by atoms with Crippen LogP contribution in [0.1, 0.15) is 37.6 Å². The van der Waals surface area contributed by atoms with Gasteiger partial charge < -0.3 is 5.11 Å². The summed E-state index contributed by atoms with van der Waals surface area (Å²) in [5.74, 6) is 0.0546. The Morgan fingerprint density at radius 2 is 2.00 bits per heavy atom. The largest absolute Gasteiger partial charge is 0.464 e. The van der Waals surface area contributed by atoms with Crippen LogP contribution in [0.15, 0.2) is 24.3 Å². The molecule has 1 aliphatic rings. The molecule has 1 aromatic rings. The summed E-state index contributed by atoms with van der Waals surface area (Å²) in [7, 11) is 0. The van der Waals surface area contributed by atoms with E-state index in [0.717, 1.165) is 0 Å². The maximum Gasteiger partial charge on any atom is 0.423 e. The van der Waals surface area contributed by atoms with Crippen LogP contribution in [-0.4, -0.2) is 23.0 Å². The monoisotopic (exact) mass is 262 g/mol. The van der Waals surface area contributed by atoms with Crippen LogP contribution in [0.4, 0.5) is 10.5 Å². The number of benzene rings is 1. The van der Waals surface area contributed by atoms with Gasteiger partial charge in [0.2, 0.25) is 0 Å². The Morgan fingerprint density at radius 3 is 2.58 bits per heavy atom. The number of carbonyl (C=O) groups is 2. The topological polar surface area (TPSA) is 69.6 Å².